The average molecular weight is 317 g/mol. The molecule has 4 heteroatoms. The molecule has 112 valence electrons. The first-order chi connectivity index (χ1) is 11.4. The summed E-state index contributed by atoms with van der Waals surface area (Å²) in [7, 11) is 0. The van der Waals surface area contributed by atoms with Gasteiger partial charge in [0, 0.05) is 17.4 Å². The van der Waals surface area contributed by atoms with Gasteiger partial charge >= 0.3 is 0 Å². The predicted octanol–water partition coefficient (Wildman–Crippen LogP) is 4.81. The summed E-state index contributed by atoms with van der Waals surface area (Å²) in [4.78, 5) is 9.01. The standard InChI is InChI=1S/C19H15N3S/c1-23-19-17-16(14-8-4-2-5-9-14)12-22(18(17)20-13-21-19)15-10-6-3-7-11-15/h2-13H,1H3. The van der Waals surface area contributed by atoms with Crippen molar-refractivity contribution in [2.75, 3.05) is 6.26 Å². The summed E-state index contributed by atoms with van der Waals surface area (Å²) in [5.74, 6) is 0. The zero-order valence-corrected chi connectivity index (χ0v) is 13.5. The zero-order chi connectivity index (χ0) is 15.6. The summed E-state index contributed by atoms with van der Waals surface area (Å²) in [5, 5.41) is 2.11. The van der Waals surface area contributed by atoms with Crippen molar-refractivity contribution in [1.82, 2.24) is 14.5 Å². The lowest BCUT2D eigenvalue weighted by Gasteiger charge is -2.04. The third-order valence-corrected chi connectivity index (χ3v) is 4.56. The van der Waals surface area contributed by atoms with Crippen molar-refractivity contribution < 1.29 is 0 Å². The molecule has 23 heavy (non-hydrogen) atoms. The first kappa shape index (κ1) is 14.0. The fourth-order valence-corrected chi connectivity index (χ4v) is 3.37. The Balaban J connectivity index is 2.07. The van der Waals surface area contributed by atoms with Crippen molar-refractivity contribution in [3.63, 3.8) is 0 Å². The predicted molar refractivity (Wildman–Crippen MR) is 96.1 cm³/mol. The van der Waals surface area contributed by atoms with Crippen molar-refractivity contribution in [2.45, 2.75) is 5.03 Å². The van der Waals surface area contributed by atoms with Crippen LogP contribution in [0.2, 0.25) is 0 Å². The van der Waals surface area contributed by atoms with E-state index in [0.717, 1.165) is 27.3 Å². The molecule has 0 radical (unpaired) electrons. The number of rotatable bonds is 3. The number of hydrogen-bond donors (Lipinski definition) is 0. The summed E-state index contributed by atoms with van der Waals surface area (Å²) in [6.07, 6.45) is 5.85. The van der Waals surface area contributed by atoms with Gasteiger partial charge in [0.25, 0.3) is 0 Å². The normalized spacial score (nSPS) is 11.0. The first-order valence-electron chi connectivity index (χ1n) is 7.39. The molecule has 0 saturated carbocycles. The van der Waals surface area contributed by atoms with Gasteiger partial charge in [0.15, 0.2) is 0 Å². The Morgan fingerprint density at radius 1 is 0.870 bits per heavy atom. The molecule has 0 unspecified atom stereocenters. The SMILES string of the molecule is CSc1ncnc2c1c(-c1ccccc1)cn2-c1ccccc1. The van der Waals surface area contributed by atoms with Crippen LogP contribution in [0.15, 0.2) is 78.2 Å². The molecular formula is C19H15N3S. The molecule has 4 rings (SSSR count). The van der Waals surface area contributed by atoms with Crippen molar-refractivity contribution in [2.24, 2.45) is 0 Å². The van der Waals surface area contributed by atoms with Gasteiger partial charge in [-0.25, -0.2) is 9.97 Å². The number of fused-ring (bicyclic) bond motifs is 1. The minimum atomic E-state index is 0.939. The van der Waals surface area contributed by atoms with Gasteiger partial charge in [-0.05, 0) is 24.0 Å². The van der Waals surface area contributed by atoms with Gasteiger partial charge < -0.3 is 4.57 Å². The Bertz CT molecular complexity index is 946. The molecule has 0 N–H and O–H groups in total. The molecule has 0 aliphatic heterocycles. The zero-order valence-electron chi connectivity index (χ0n) is 12.7. The second-order valence-electron chi connectivity index (χ2n) is 5.20. The molecule has 0 aliphatic carbocycles. The van der Waals surface area contributed by atoms with Gasteiger partial charge in [0.1, 0.15) is 17.0 Å². The van der Waals surface area contributed by atoms with E-state index >= 15 is 0 Å². The van der Waals surface area contributed by atoms with E-state index in [9.17, 15) is 0 Å². The van der Waals surface area contributed by atoms with Gasteiger partial charge in [0.05, 0.1) is 5.39 Å². The summed E-state index contributed by atoms with van der Waals surface area (Å²) < 4.78 is 2.14. The summed E-state index contributed by atoms with van der Waals surface area (Å²) in [6, 6.07) is 20.7. The van der Waals surface area contributed by atoms with Crippen LogP contribution in [0, 0.1) is 0 Å². The monoisotopic (exact) mass is 317 g/mol. The van der Waals surface area contributed by atoms with Crippen LogP contribution >= 0.6 is 11.8 Å². The van der Waals surface area contributed by atoms with E-state index in [1.165, 1.54) is 5.56 Å². The second-order valence-corrected chi connectivity index (χ2v) is 5.99. The highest BCUT2D eigenvalue weighted by atomic mass is 32.2. The Morgan fingerprint density at radius 2 is 1.57 bits per heavy atom. The second kappa shape index (κ2) is 5.89. The molecule has 0 fully saturated rings. The first-order valence-corrected chi connectivity index (χ1v) is 8.62. The molecule has 0 amide bonds. The third kappa shape index (κ3) is 2.41. The Kier molecular flexibility index (Phi) is 3.60. The highest BCUT2D eigenvalue weighted by molar-refractivity contribution is 7.98. The molecule has 0 spiro atoms. The van der Waals surface area contributed by atoms with Crippen molar-refractivity contribution >= 4 is 22.8 Å². The van der Waals surface area contributed by atoms with Crippen LogP contribution in [-0.4, -0.2) is 20.8 Å². The Labute approximate surface area is 139 Å². The molecule has 2 aromatic carbocycles. The molecule has 0 aliphatic rings. The van der Waals surface area contributed by atoms with Crippen LogP contribution in [0.4, 0.5) is 0 Å². The van der Waals surface area contributed by atoms with E-state index in [0.29, 0.717) is 0 Å². The van der Waals surface area contributed by atoms with E-state index in [2.05, 4.69) is 63.4 Å². The van der Waals surface area contributed by atoms with Crippen LogP contribution in [0.25, 0.3) is 27.8 Å². The van der Waals surface area contributed by atoms with Gasteiger partial charge in [-0.2, -0.15) is 0 Å². The smallest absolute Gasteiger partial charge is 0.149 e. The molecule has 0 saturated heterocycles. The Morgan fingerprint density at radius 3 is 2.26 bits per heavy atom. The number of hydrogen-bond acceptors (Lipinski definition) is 3. The van der Waals surface area contributed by atoms with Crippen molar-refractivity contribution in [1.29, 1.82) is 0 Å². The van der Waals surface area contributed by atoms with Crippen molar-refractivity contribution in [3.8, 4) is 16.8 Å². The fraction of sp³-hybridized carbons (Fsp3) is 0.0526. The van der Waals surface area contributed by atoms with Crippen LogP contribution < -0.4 is 0 Å². The molecule has 0 bridgehead atoms. The van der Waals surface area contributed by atoms with E-state index in [4.69, 9.17) is 0 Å². The molecular weight excluding hydrogens is 302 g/mol. The summed E-state index contributed by atoms with van der Waals surface area (Å²) in [5.41, 5.74) is 4.38. The highest BCUT2D eigenvalue weighted by Crippen LogP contribution is 2.35. The number of thioether (sulfide) groups is 1. The number of benzene rings is 2. The lowest BCUT2D eigenvalue weighted by atomic mass is 10.1. The summed E-state index contributed by atoms with van der Waals surface area (Å²) in [6.45, 7) is 0. The number of aromatic nitrogens is 3. The quantitative estimate of drug-likeness (QED) is 0.401. The molecule has 2 aromatic heterocycles. The van der Waals surface area contributed by atoms with Gasteiger partial charge in [-0.3, -0.25) is 0 Å². The van der Waals surface area contributed by atoms with Crippen molar-refractivity contribution in [3.05, 3.63) is 73.2 Å². The lowest BCUT2D eigenvalue weighted by Crippen LogP contribution is -1.94. The minimum Gasteiger partial charge on any atom is -0.301 e. The maximum Gasteiger partial charge on any atom is 0.149 e. The topological polar surface area (TPSA) is 30.7 Å². The van der Waals surface area contributed by atoms with Gasteiger partial charge in [0.2, 0.25) is 0 Å². The van der Waals surface area contributed by atoms with E-state index in [-0.39, 0.29) is 0 Å². The lowest BCUT2D eigenvalue weighted by molar-refractivity contribution is 1.04. The molecule has 3 nitrogen and oxygen atoms in total. The van der Waals surface area contributed by atoms with E-state index in [1.54, 1.807) is 18.1 Å². The average Bonchev–Trinajstić information content (AvgIpc) is 3.03. The summed E-state index contributed by atoms with van der Waals surface area (Å²) >= 11 is 1.65. The van der Waals surface area contributed by atoms with Gasteiger partial charge in [-0.15, -0.1) is 11.8 Å². The van der Waals surface area contributed by atoms with E-state index in [1.807, 2.05) is 24.3 Å². The van der Waals surface area contributed by atoms with Crippen LogP contribution in [0.5, 0.6) is 0 Å². The van der Waals surface area contributed by atoms with Gasteiger partial charge in [-0.1, -0.05) is 48.5 Å². The molecule has 4 aromatic rings. The maximum absolute atomic E-state index is 4.55. The molecule has 2 heterocycles. The Hall–Kier alpha value is -2.59. The maximum atomic E-state index is 4.55. The highest BCUT2D eigenvalue weighted by Gasteiger charge is 2.16. The van der Waals surface area contributed by atoms with Crippen LogP contribution in [-0.2, 0) is 0 Å². The minimum absolute atomic E-state index is 0.939. The number of nitrogens with zero attached hydrogens (tertiary/aromatic N) is 3. The third-order valence-electron chi connectivity index (χ3n) is 3.86. The molecule has 0 atom stereocenters. The van der Waals surface area contributed by atoms with Crippen LogP contribution in [0.3, 0.4) is 0 Å². The fourth-order valence-electron chi connectivity index (χ4n) is 2.81. The largest absolute Gasteiger partial charge is 0.301 e. The number of para-hydroxylation sites is 1. The van der Waals surface area contributed by atoms with E-state index < -0.39 is 0 Å². The van der Waals surface area contributed by atoms with Crippen LogP contribution in [0.1, 0.15) is 0 Å².